The van der Waals surface area contributed by atoms with Gasteiger partial charge in [0.25, 0.3) is 0 Å². The summed E-state index contributed by atoms with van der Waals surface area (Å²) in [6.45, 7) is 11.1. The van der Waals surface area contributed by atoms with E-state index in [1.165, 1.54) is 5.56 Å². The highest BCUT2D eigenvalue weighted by atomic mass is 16.5. The zero-order valence-electron chi connectivity index (χ0n) is 17.2. The van der Waals surface area contributed by atoms with Crippen LogP contribution in [0.4, 0.5) is 0 Å². The van der Waals surface area contributed by atoms with Gasteiger partial charge in [0.15, 0.2) is 5.96 Å². The summed E-state index contributed by atoms with van der Waals surface area (Å²) < 4.78 is 5.68. The third-order valence-electron chi connectivity index (χ3n) is 4.19. The molecule has 0 saturated heterocycles. The van der Waals surface area contributed by atoms with Gasteiger partial charge in [0.05, 0.1) is 6.61 Å². The van der Waals surface area contributed by atoms with Crippen LogP contribution in [-0.2, 0) is 16.0 Å². The molecule has 0 heterocycles. The van der Waals surface area contributed by atoms with Crippen LogP contribution in [0.5, 0.6) is 0 Å². The van der Waals surface area contributed by atoms with Gasteiger partial charge < -0.3 is 20.3 Å². The lowest BCUT2D eigenvalue weighted by Gasteiger charge is -2.19. The molecular formula is C21H36N4O2. The smallest absolute Gasteiger partial charge is 0.224 e. The van der Waals surface area contributed by atoms with Crippen molar-refractivity contribution in [2.24, 2.45) is 4.99 Å². The van der Waals surface area contributed by atoms with Crippen LogP contribution in [0, 0.1) is 0 Å². The van der Waals surface area contributed by atoms with Crippen molar-refractivity contribution in [1.82, 2.24) is 15.5 Å². The summed E-state index contributed by atoms with van der Waals surface area (Å²) >= 11 is 0. The topological polar surface area (TPSA) is 66.0 Å². The van der Waals surface area contributed by atoms with E-state index in [4.69, 9.17) is 4.74 Å². The van der Waals surface area contributed by atoms with E-state index in [-0.39, 0.29) is 5.91 Å². The first-order valence-corrected chi connectivity index (χ1v) is 10.1. The molecule has 0 aromatic heterocycles. The van der Waals surface area contributed by atoms with E-state index in [0.29, 0.717) is 26.1 Å². The Balaban J connectivity index is 2.18. The average molecular weight is 377 g/mol. The number of ether oxygens (including phenoxy) is 1. The predicted molar refractivity (Wildman–Crippen MR) is 112 cm³/mol. The zero-order valence-corrected chi connectivity index (χ0v) is 17.2. The van der Waals surface area contributed by atoms with E-state index in [9.17, 15) is 4.79 Å². The number of benzene rings is 1. The van der Waals surface area contributed by atoms with E-state index in [0.717, 1.165) is 45.0 Å². The quantitative estimate of drug-likeness (QED) is 0.315. The minimum absolute atomic E-state index is 0.176. The van der Waals surface area contributed by atoms with Crippen LogP contribution in [0.25, 0.3) is 0 Å². The molecule has 2 N–H and O–H groups in total. The van der Waals surface area contributed by atoms with Crippen molar-refractivity contribution in [3.8, 4) is 0 Å². The van der Waals surface area contributed by atoms with Crippen molar-refractivity contribution in [3.63, 3.8) is 0 Å². The molecule has 6 heteroatoms. The largest absolute Gasteiger partial charge is 0.381 e. The summed E-state index contributed by atoms with van der Waals surface area (Å²) in [6, 6.07) is 10.4. The number of carbonyl (C=O) groups is 1. The molecule has 0 fully saturated rings. The highest BCUT2D eigenvalue weighted by Gasteiger charge is 2.08. The van der Waals surface area contributed by atoms with Crippen molar-refractivity contribution in [1.29, 1.82) is 0 Å². The van der Waals surface area contributed by atoms with Crippen molar-refractivity contribution in [2.75, 3.05) is 45.9 Å². The molecule has 1 amide bonds. The fourth-order valence-corrected chi connectivity index (χ4v) is 2.66. The molecule has 0 unspecified atom stereocenters. The van der Waals surface area contributed by atoms with Gasteiger partial charge in [-0.05, 0) is 39.2 Å². The maximum Gasteiger partial charge on any atom is 0.224 e. The summed E-state index contributed by atoms with van der Waals surface area (Å²) in [5.74, 6) is 0.935. The SMILES string of the molecule is CCNC(=NCCCOCCc1ccccc1)NCCC(=O)N(CC)CC. The molecule has 0 aliphatic rings. The predicted octanol–water partition coefficient (Wildman–Crippen LogP) is 2.45. The minimum atomic E-state index is 0.176. The molecule has 1 aromatic rings. The van der Waals surface area contributed by atoms with Gasteiger partial charge in [0.1, 0.15) is 0 Å². The van der Waals surface area contributed by atoms with Gasteiger partial charge in [-0.15, -0.1) is 0 Å². The number of aliphatic imine (C=N–C) groups is 1. The Kier molecular flexibility index (Phi) is 12.8. The fraction of sp³-hybridized carbons (Fsp3) is 0.619. The van der Waals surface area contributed by atoms with Gasteiger partial charge in [0.2, 0.25) is 5.91 Å². The lowest BCUT2D eigenvalue weighted by atomic mass is 10.2. The third kappa shape index (κ3) is 10.6. The Morgan fingerprint density at radius 3 is 2.48 bits per heavy atom. The lowest BCUT2D eigenvalue weighted by Crippen LogP contribution is -2.40. The van der Waals surface area contributed by atoms with Gasteiger partial charge in [-0.1, -0.05) is 30.3 Å². The summed E-state index contributed by atoms with van der Waals surface area (Å²) in [5.41, 5.74) is 1.30. The van der Waals surface area contributed by atoms with Crippen molar-refractivity contribution >= 4 is 11.9 Å². The Morgan fingerprint density at radius 2 is 1.81 bits per heavy atom. The number of nitrogens with one attached hydrogen (secondary N) is 2. The zero-order chi connectivity index (χ0) is 19.7. The molecule has 1 rings (SSSR count). The highest BCUT2D eigenvalue weighted by Crippen LogP contribution is 1.99. The monoisotopic (exact) mass is 376 g/mol. The Morgan fingerprint density at radius 1 is 1.07 bits per heavy atom. The van der Waals surface area contributed by atoms with Crippen LogP contribution in [0.15, 0.2) is 35.3 Å². The number of nitrogens with zero attached hydrogens (tertiary/aromatic N) is 2. The number of guanidine groups is 1. The van der Waals surface area contributed by atoms with Crippen LogP contribution in [0.1, 0.15) is 39.2 Å². The highest BCUT2D eigenvalue weighted by molar-refractivity contribution is 5.81. The van der Waals surface area contributed by atoms with E-state index < -0.39 is 0 Å². The number of hydrogen-bond acceptors (Lipinski definition) is 3. The van der Waals surface area contributed by atoms with Crippen molar-refractivity contribution < 1.29 is 9.53 Å². The van der Waals surface area contributed by atoms with Gasteiger partial charge >= 0.3 is 0 Å². The molecule has 0 aliphatic carbocycles. The minimum Gasteiger partial charge on any atom is -0.381 e. The average Bonchev–Trinajstić information content (AvgIpc) is 2.69. The molecule has 0 spiro atoms. The number of carbonyl (C=O) groups excluding carboxylic acids is 1. The fourth-order valence-electron chi connectivity index (χ4n) is 2.66. The molecule has 1 aromatic carbocycles. The number of rotatable bonds is 13. The number of hydrogen-bond donors (Lipinski definition) is 2. The third-order valence-corrected chi connectivity index (χ3v) is 4.19. The van der Waals surface area contributed by atoms with Crippen LogP contribution in [-0.4, -0.2) is 62.7 Å². The van der Waals surface area contributed by atoms with Crippen LogP contribution < -0.4 is 10.6 Å². The first kappa shape index (κ1) is 23.0. The normalized spacial score (nSPS) is 11.3. The molecule has 0 aliphatic heterocycles. The maximum absolute atomic E-state index is 12.0. The second-order valence-electron chi connectivity index (χ2n) is 6.20. The Labute approximate surface area is 164 Å². The van der Waals surface area contributed by atoms with E-state index in [2.05, 4.69) is 39.9 Å². The first-order valence-electron chi connectivity index (χ1n) is 10.1. The van der Waals surface area contributed by atoms with Crippen molar-refractivity contribution in [2.45, 2.75) is 40.0 Å². The Bertz CT molecular complexity index is 530. The lowest BCUT2D eigenvalue weighted by molar-refractivity contribution is -0.130. The molecule has 6 nitrogen and oxygen atoms in total. The van der Waals surface area contributed by atoms with Crippen molar-refractivity contribution in [3.05, 3.63) is 35.9 Å². The molecule has 0 saturated carbocycles. The van der Waals surface area contributed by atoms with Gasteiger partial charge in [-0.2, -0.15) is 0 Å². The van der Waals surface area contributed by atoms with Crippen LogP contribution >= 0.6 is 0 Å². The van der Waals surface area contributed by atoms with E-state index >= 15 is 0 Å². The first-order chi connectivity index (χ1) is 13.2. The molecular weight excluding hydrogens is 340 g/mol. The second-order valence-corrected chi connectivity index (χ2v) is 6.20. The van der Waals surface area contributed by atoms with Gasteiger partial charge in [-0.25, -0.2) is 0 Å². The second kappa shape index (κ2) is 15.0. The number of amides is 1. The van der Waals surface area contributed by atoms with Crippen LogP contribution in [0.3, 0.4) is 0 Å². The summed E-state index contributed by atoms with van der Waals surface area (Å²) in [4.78, 5) is 18.4. The van der Waals surface area contributed by atoms with E-state index in [1.54, 1.807) is 0 Å². The standard InChI is InChI=1S/C21H36N4O2/c1-4-22-21(24-16-13-20(26)25(5-2)6-3)23-15-10-17-27-18-14-19-11-8-7-9-12-19/h7-9,11-12H,4-6,10,13-18H2,1-3H3,(H2,22,23,24). The molecule has 0 bridgehead atoms. The Hall–Kier alpha value is -2.08. The maximum atomic E-state index is 12.0. The summed E-state index contributed by atoms with van der Waals surface area (Å²) in [5, 5.41) is 6.44. The molecule has 27 heavy (non-hydrogen) atoms. The molecule has 0 radical (unpaired) electrons. The van der Waals surface area contributed by atoms with Gasteiger partial charge in [-0.3, -0.25) is 9.79 Å². The van der Waals surface area contributed by atoms with Gasteiger partial charge in [0, 0.05) is 45.8 Å². The summed E-state index contributed by atoms with van der Waals surface area (Å²) in [6.07, 6.45) is 2.30. The molecule has 152 valence electrons. The molecule has 0 atom stereocenters. The summed E-state index contributed by atoms with van der Waals surface area (Å²) in [7, 11) is 0. The van der Waals surface area contributed by atoms with Crippen LogP contribution in [0.2, 0.25) is 0 Å². The van der Waals surface area contributed by atoms with E-state index in [1.807, 2.05) is 31.7 Å².